The molecule has 1 saturated carbocycles. The number of halogens is 1. The van der Waals surface area contributed by atoms with Crippen molar-refractivity contribution >= 4 is 27.6 Å². The molecular weight excluding hydrogens is 324 g/mol. The van der Waals surface area contributed by atoms with E-state index in [9.17, 15) is 9.90 Å². The van der Waals surface area contributed by atoms with Gasteiger partial charge in [-0.3, -0.25) is 0 Å². The molecule has 1 unspecified atom stereocenters. The van der Waals surface area contributed by atoms with Crippen LogP contribution in [0, 0.1) is 5.92 Å². The van der Waals surface area contributed by atoms with Crippen molar-refractivity contribution in [3.63, 3.8) is 0 Å². The number of hydrogen-bond acceptors (Lipinski definition) is 3. The Morgan fingerprint density at radius 2 is 2.10 bits per heavy atom. The van der Waals surface area contributed by atoms with E-state index in [1.165, 1.54) is 12.8 Å². The summed E-state index contributed by atoms with van der Waals surface area (Å²) in [6.07, 6.45) is 1.78. The summed E-state index contributed by atoms with van der Waals surface area (Å²) in [6.45, 7) is 1.14. The molecule has 1 fully saturated rings. The zero-order valence-corrected chi connectivity index (χ0v) is 12.7. The monoisotopic (exact) mass is 342 g/mol. The van der Waals surface area contributed by atoms with Crippen molar-refractivity contribution in [2.24, 2.45) is 5.92 Å². The second kappa shape index (κ2) is 7.61. The van der Waals surface area contributed by atoms with Crippen LogP contribution in [0.1, 0.15) is 12.8 Å². The van der Waals surface area contributed by atoms with Gasteiger partial charge in [-0.2, -0.15) is 0 Å². The van der Waals surface area contributed by atoms with Crippen LogP contribution in [0.2, 0.25) is 0 Å². The number of aliphatic hydroxyl groups excluding tert-OH is 1. The number of nitrogens with one attached hydrogen (secondary N) is 2. The number of aliphatic hydroxyl groups is 1. The van der Waals surface area contributed by atoms with Gasteiger partial charge in [0.1, 0.15) is 0 Å². The molecule has 1 aliphatic rings. The molecule has 1 aromatic carbocycles. The maximum Gasteiger partial charge on any atom is 0.319 e. The van der Waals surface area contributed by atoms with E-state index >= 15 is 0 Å². The van der Waals surface area contributed by atoms with Crippen LogP contribution in [0.3, 0.4) is 0 Å². The molecule has 0 radical (unpaired) electrons. The maximum atomic E-state index is 11.6. The fraction of sp³-hybridized carbons (Fsp3) is 0.500. The van der Waals surface area contributed by atoms with Crippen LogP contribution in [-0.4, -0.2) is 37.0 Å². The molecule has 6 heteroatoms. The first kappa shape index (κ1) is 15.3. The minimum Gasteiger partial charge on any atom is -0.389 e. The third-order valence-electron chi connectivity index (χ3n) is 2.96. The second-order valence-corrected chi connectivity index (χ2v) is 5.89. The summed E-state index contributed by atoms with van der Waals surface area (Å²) in [6, 6.07) is 6.93. The normalized spacial score (nSPS) is 15.7. The second-order valence-electron chi connectivity index (χ2n) is 4.98. The third kappa shape index (κ3) is 5.90. The average molecular weight is 343 g/mol. The van der Waals surface area contributed by atoms with Crippen LogP contribution in [-0.2, 0) is 4.74 Å². The number of benzene rings is 1. The molecule has 2 rings (SSSR count). The molecule has 2 amide bonds. The van der Waals surface area contributed by atoms with E-state index < -0.39 is 6.10 Å². The van der Waals surface area contributed by atoms with Crippen LogP contribution >= 0.6 is 15.9 Å². The molecule has 110 valence electrons. The summed E-state index contributed by atoms with van der Waals surface area (Å²) < 4.78 is 6.31. The van der Waals surface area contributed by atoms with Gasteiger partial charge in [0.25, 0.3) is 0 Å². The Bertz CT molecular complexity index is 435. The Morgan fingerprint density at radius 3 is 2.75 bits per heavy atom. The third-order valence-corrected chi connectivity index (χ3v) is 3.49. The topological polar surface area (TPSA) is 70.6 Å². The lowest BCUT2D eigenvalue weighted by Crippen LogP contribution is -2.37. The molecule has 3 N–H and O–H groups in total. The van der Waals surface area contributed by atoms with E-state index in [-0.39, 0.29) is 19.2 Å². The van der Waals surface area contributed by atoms with Crippen LogP contribution in [0.15, 0.2) is 28.7 Å². The van der Waals surface area contributed by atoms with E-state index in [1.54, 1.807) is 12.1 Å². The quantitative estimate of drug-likeness (QED) is 0.712. The Labute approximate surface area is 126 Å². The van der Waals surface area contributed by atoms with Gasteiger partial charge < -0.3 is 20.5 Å². The van der Waals surface area contributed by atoms with Crippen molar-refractivity contribution in [2.45, 2.75) is 18.9 Å². The highest BCUT2D eigenvalue weighted by molar-refractivity contribution is 9.10. The van der Waals surface area contributed by atoms with Gasteiger partial charge in [0.2, 0.25) is 0 Å². The van der Waals surface area contributed by atoms with Gasteiger partial charge in [-0.05, 0) is 43.0 Å². The number of anilines is 1. The highest BCUT2D eigenvalue weighted by atomic mass is 79.9. The SMILES string of the molecule is O=C(NCC(O)COCC1CC1)Nc1ccc(Br)cc1. The van der Waals surface area contributed by atoms with E-state index in [1.807, 2.05) is 12.1 Å². The molecule has 1 atom stereocenters. The smallest absolute Gasteiger partial charge is 0.319 e. The number of urea groups is 1. The summed E-state index contributed by atoms with van der Waals surface area (Å²) in [4.78, 5) is 11.6. The highest BCUT2D eigenvalue weighted by Crippen LogP contribution is 2.28. The summed E-state index contributed by atoms with van der Waals surface area (Å²) in [5.74, 6) is 0.677. The molecule has 5 nitrogen and oxygen atoms in total. The molecule has 20 heavy (non-hydrogen) atoms. The molecule has 0 saturated heterocycles. The van der Waals surface area contributed by atoms with Gasteiger partial charge in [0, 0.05) is 23.3 Å². The molecule has 0 spiro atoms. The number of rotatable bonds is 7. The Hall–Kier alpha value is -1.11. The minimum atomic E-state index is -0.676. The van der Waals surface area contributed by atoms with Crippen molar-refractivity contribution in [2.75, 3.05) is 25.1 Å². The van der Waals surface area contributed by atoms with E-state index in [2.05, 4.69) is 26.6 Å². The molecule has 0 aromatic heterocycles. The van der Waals surface area contributed by atoms with Crippen molar-refractivity contribution < 1.29 is 14.6 Å². The van der Waals surface area contributed by atoms with E-state index in [0.29, 0.717) is 18.2 Å². The van der Waals surface area contributed by atoms with Gasteiger partial charge in [-0.25, -0.2) is 4.79 Å². The summed E-state index contributed by atoms with van der Waals surface area (Å²) in [5.41, 5.74) is 0.699. The molecule has 1 aliphatic carbocycles. The molecular formula is C14H19BrN2O3. The van der Waals surface area contributed by atoms with Gasteiger partial charge in [0.15, 0.2) is 0 Å². The van der Waals surface area contributed by atoms with Crippen molar-refractivity contribution in [3.8, 4) is 0 Å². The standard InChI is InChI=1S/C14H19BrN2O3/c15-11-3-5-12(6-4-11)17-14(19)16-7-13(18)9-20-8-10-1-2-10/h3-6,10,13,18H,1-2,7-9H2,(H2,16,17,19). The Morgan fingerprint density at radius 1 is 1.40 bits per heavy atom. The van der Waals surface area contributed by atoms with Gasteiger partial charge in [0.05, 0.1) is 12.7 Å². The molecule has 1 aromatic rings. The maximum absolute atomic E-state index is 11.6. The summed E-state index contributed by atoms with van der Waals surface area (Å²) >= 11 is 3.32. The molecule has 0 aliphatic heterocycles. The van der Waals surface area contributed by atoms with Gasteiger partial charge in [-0.1, -0.05) is 15.9 Å². The van der Waals surface area contributed by atoms with Crippen LogP contribution in [0.25, 0.3) is 0 Å². The Balaban J connectivity index is 1.59. The number of carbonyl (C=O) groups excluding carboxylic acids is 1. The first-order valence-electron chi connectivity index (χ1n) is 6.69. The lowest BCUT2D eigenvalue weighted by atomic mass is 10.3. The largest absolute Gasteiger partial charge is 0.389 e. The number of amides is 2. The lowest BCUT2D eigenvalue weighted by molar-refractivity contribution is 0.0339. The van der Waals surface area contributed by atoms with Crippen LogP contribution < -0.4 is 10.6 Å². The van der Waals surface area contributed by atoms with Gasteiger partial charge >= 0.3 is 6.03 Å². The fourth-order valence-corrected chi connectivity index (χ4v) is 1.90. The van der Waals surface area contributed by atoms with Crippen molar-refractivity contribution in [1.82, 2.24) is 5.32 Å². The minimum absolute atomic E-state index is 0.174. The number of carbonyl (C=O) groups is 1. The number of ether oxygens (including phenoxy) is 1. The lowest BCUT2D eigenvalue weighted by Gasteiger charge is -2.13. The zero-order valence-electron chi connectivity index (χ0n) is 11.1. The van der Waals surface area contributed by atoms with Gasteiger partial charge in [-0.15, -0.1) is 0 Å². The predicted molar refractivity (Wildman–Crippen MR) is 80.7 cm³/mol. The van der Waals surface area contributed by atoms with Crippen LogP contribution in [0.4, 0.5) is 10.5 Å². The van der Waals surface area contributed by atoms with E-state index in [0.717, 1.165) is 4.47 Å². The highest BCUT2D eigenvalue weighted by Gasteiger charge is 2.21. The first-order chi connectivity index (χ1) is 9.63. The zero-order chi connectivity index (χ0) is 14.4. The van der Waals surface area contributed by atoms with Crippen LogP contribution in [0.5, 0.6) is 0 Å². The summed E-state index contributed by atoms with van der Waals surface area (Å²) in [7, 11) is 0. The molecule has 0 bridgehead atoms. The predicted octanol–water partition coefficient (Wildman–Crippen LogP) is 2.36. The number of hydrogen-bond donors (Lipinski definition) is 3. The van der Waals surface area contributed by atoms with Crippen molar-refractivity contribution in [3.05, 3.63) is 28.7 Å². The fourth-order valence-electron chi connectivity index (χ4n) is 1.63. The Kier molecular flexibility index (Phi) is 5.82. The van der Waals surface area contributed by atoms with Crippen molar-refractivity contribution in [1.29, 1.82) is 0 Å². The average Bonchev–Trinajstić information content (AvgIpc) is 3.23. The first-order valence-corrected chi connectivity index (χ1v) is 7.49. The summed E-state index contributed by atoms with van der Waals surface area (Å²) in [5, 5.41) is 15.0. The van der Waals surface area contributed by atoms with E-state index in [4.69, 9.17) is 4.74 Å². The molecule has 0 heterocycles.